The molecule has 0 unspecified atom stereocenters. The van der Waals surface area contributed by atoms with E-state index in [4.69, 9.17) is 0 Å². The van der Waals surface area contributed by atoms with Gasteiger partial charge in [-0.15, -0.1) is 0 Å². The number of rotatable bonds is 5. The molecule has 0 saturated carbocycles. The molecule has 31 heavy (non-hydrogen) atoms. The number of fused-ring (bicyclic) bond motifs is 1. The summed E-state index contributed by atoms with van der Waals surface area (Å²) in [6, 6.07) is 14.5. The molecule has 1 N–H and O–H groups in total. The van der Waals surface area contributed by atoms with E-state index < -0.39 is 10.0 Å². The van der Waals surface area contributed by atoms with Crippen molar-refractivity contribution >= 4 is 10.0 Å². The average molecular weight is 438 g/mol. The van der Waals surface area contributed by atoms with Gasteiger partial charge in [0.15, 0.2) is 0 Å². The largest absolute Gasteiger partial charge is 0.269 e. The molecule has 162 valence electrons. The maximum absolute atomic E-state index is 13.2. The van der Waals surface area contributed by atoms with E-state index in [0.29, 0.717) is 16.8 Å². The lowest BCUT2D eigenvalue weighted by atomic mass is 9.89. The Kier molecular flexibility index (Phi) is 5.81. The summed E-state index contributed by atoms with van der Waals surface area (Å²) in [6.07, 6.45) is 3.51. The second-order valence-electron chi connectivity index (χ2n) is 8.18. The molecule has 0 radical (unpaired) electrons. The predicted octanol–water partition coefficient (Wildman–Crippen LogP) is 3.67. The quantitative estimate of drug-likeness (QED) is 0.660. The summed E-state index contributed by atoms with van der Waals surface area (Å²) >= 11 is 0. The van der Waals surface area contributed by atoms with Crippen molar-refractivity contribution in [2.75, 3.05) is 0 Å². The van der Waals surface area contributed by atoms with Crippen LogP contribution in [0, 0.1) is 6.92 Å². The minimum Gasteiger partial charge on any atom is -0.268 e. The van der Waals surface area contributed by atoms with Crippen LogP contribution in [0.25, 0.3) is 11.3 Å². The van der Waals surface area contributed by atoms with Gasteiger partial charge in [0.2, 0.25) is 10.0 Å². The Morgan fingerprint density at radius 1 is 1.03 bits per heavy atom. The van der Waals surface area contributed by atoms with Crippen LogP contribution in [0.1, 0.15) is 48.1 Å². The van der Waals surface area contributed by atoms with E-state index in [0.717, 1.165) is 42.4 Å². The number of nitrogens with zero attached hydrogens (tertiary/aromatic N) is 2. The number of benzene rings is 2. The first kappa shape index (κ1) is 21.5. The summed E-state index contributed by atoms with van der Waals surface area (Å²) in [6.45, 7) is 3.62. The van der Waals surface area contributed by atoms with Gasteiger partial charge in [-0.25, -0.2) is 17.8 Å². The second-order valence-corrected chi connectivity index (χ2v) is 9.86. The molecular weight excluding hydrogens is 410 g/mol. The normalized spacial score (nSPS) is 14.8. The summed E-state index contributed by atoms with van der Waals surface area (Å²) < 4.78 is 30.6. The summed E-state index contributed by atoms with van der Waals surface area (Å²) in [4.78, 5) is 12.8. The van der Waals surface area contributed by atoms with Gasteiger partial charge in [0.25, 0.3) is 5.56 Å². The maximum atomic E-state index is 13.2. The molecule has 3 aromatic rings. The number of aryl methyl sites for hydroxylation is 2. The second kappa shape index (κ2) is 8.40. The molecule has 7 heteroatoms. The van der Waals surface area contributed by atoms with Crippen LogP contribution in [0.15, 0.2) is 58.2 Å². The molecule has 6 nitrogen and oxygen atoms in total. The molecule has 1 atom stereocenters. The summed E-state index contributed by atoms with van der Waals surface area (Å²) in [5.41, 5.74) is 4.67. The van der Waals surface area contributed by atoms with Gasteiger partial charge in [-0.3, -0.25) is 4.79 Å². The highest BCUT2D eigenvalue weighted by atomic mass is 32.2. The first-order valence-corrected chi connectivity index (χ1v) is 12.0. The van der Waals surface area contributed by atoms with Crippen LogP contribution in [0.3, 0.4) is 0 Å². The third-order valence-electron chi connectivity index (χ3n) is 5.94. The fourth-order valence-corrected chi connectivity index (χ4v) is 5.73. The molecule has 1 heterocycles. The van der Waals surface area contributed by atoms with Crippen molar-refractivity contribution in [3.63, 3.8) is 0 Å². The van der Waals surface area contributed by atoms with Crippen molar-refractivity contribution in [2.24, 2.45) is 7.05 Å². The standard InChI is InChI=1S/C24H27N3O3S/c1-16-13-14-19(23-20-11-7-8-12-21(20)24(28)27(3)25-23)15-22(16)31(29,30)26-17(2)18-9-5-4-6-10-18/h4-6,9-10,13-15,17,26H,7-8,11-12H2,1-3H3/t17-/m1/s1. The molecular formula is C24H27N3O3S. The van der Waals surface area contributed by atoms with E-state index in [1.54, 1.807) is 26.1 Å². The molecule has 4 rings (SSSR count). The van der Waals surface area contributed by atoms with Crippen LogP contribution in [0.2, 0.25) is 0 Å². The van der Waals surface area contributed by atoms with Crippen molar-refractivity contribution < 1.29 is 8.42 Å². The van der Waals surface area contributed by atoms with Gasteiger partial charge in [0.1, 0.15) is 0 Å². The zero-order chi connectivity index (χ0) is 22.2. The Balaban J connectivity index is 1.76. The van der Waals surface area contributed by atoms with E-state index in [1.165, 1.54) is 4.68 Å². The van der Waals surface area contributed by atoms with Crippen molar-refractivity contribution in [1.29, 1.82) is 0 Å². The van der Waals surface area contributed by atoms with E-state index in [-0.39, 0.29) is 16.5 Å². The highest BCUT2D eigenvalue weighted by molar-refractivity contribution is 7.89. The zero-order valence-corrected chi connectivity index (χ0v) is 18.9. The number of hydrogen-bond donors (Lipinski definition) is 1. The molecule has 2 aromatic carbocycles. The van der Waals surface area contributed by atoms with Crippen molar-refractivity contribution in [3.05, 3.63) is 81.1 Å². The highest BCUT2D eigenvalue weighted by Crippen LogP contribution is 2.31. The topological polar surface area (TPSA) is 81.1 Å². The van der Waals surface area contributed by atoms with Crippen molar-refractivity contribution in [2.45, 2.75) is 50.5 Å². The van der Waals surface area contributed by atoms with Crippen LogP contribution < -0.4 is 10.3 Å². The number of hydrogen-bond acceptors (Lipinski definition) is 4. The molecule has 1 aromatic heterocycles. The Morgan fingerprint density at radius 2 is 1.71 bits per heavy atom. The first-order chi connectivity index (χ1) is 14.8. The zero-order valence-electron chi connectivity index (χ0n) is 18.1. The van der Waals surface area contributed by atoms with E-state index in [1.807, 2.05) is 43.3 Å². The smallest absolute Gasteiger partial charge is 0.268 e. The highest BCUT2D eigenvalue weighted by Gasteiger charge is 2.24. The summed E-state index contributed by atoms with van der Waals surface area (Å²) in [5.74, 6) is 0. The third-order valence-corrected chi connectivity index (χ3v) is 7.62. The third kappa shape index (κ3) is 4.20. The molecule has 0 bridgehead atoms. The summed E-state index contributed by atoms with van der Waals surface area (Å²) in [7, 11) is -2.11. The van der Waals surface area contributed by atoms with Gasteiger partial charge in [-0.1, -0.05) is 42.5 Å². The Hall–Kier alpha value is -2.77. The first-order valence-electron chi connectivity index (χ1n) is 10.6. The van der Waals surface area contributed by atoms with Gasteiger partial charge in [-0.05, 0) is 62.3 Å². The van der Waals surface area contributed by atoms with E-state index in [2.05, 4.69) is 9.82 Å². The monoisotopic (exact) mass is 437 g/mol. The van der Waals surface area contributed by atoms with Gasteiger partial charge < -0.3 is 0 Å². The van der Waals surface area contributed by atoms with Gasteiger partial charge in [-0.2, -0.15) is 5.10 Å². The summed E-state index contributed by atoms with van der Waals surface area (Å²) in [5, 5.41) is 4.51. The van der Waals surface area contributed by atoms with E-state index in [9.17, 15) is 13.2 Å². The minimum absolute atomic E-state index is 0.0586. The fourth-order valence-electron chi connectivity index (χ4n) is 4.23. The lowest BCUT2D eigenvalue weighted by molar-refractivity contribution is 0.566. The van der Waals surface area contributed by atoms with Crippen LogP contribution >= 0.6 is 0 Å². The minimum atomic E-state index is -3.75. The van der Waals surface area contributed by atoms with Crippen molar-refractivity contribution in [1.82, 2.24) is 14.5 Å². The number of sulfonamides is 1. The molecule has 1 aliphatic rings. The lowest BCUT2D eigenvalue weighted by Crippen LogP contribution is -2.29. The molecule has 0 saturated heterocycles. The molecule has 0 spiro atoms. The lowest BCUT2D eigenvalue weighted by Gasteiger charge is -2.20. The van der Waals surface area contributed by atoms with Gasteiger partial charge in [0, 0.05) is 24.2 Å². The number of nitrogens with one attached hydrogen (secondary N) is 1. The molecule has 0 aliphatic heterocycles. The van der Waals surface area contributed by atoms with Gasteiger partial charge >= 0.3 is 0 Å². The Labute approximate surface area is 183 Å². The van der Waals surface area contributed by atoms with Crippen molar-refractivity contribution in [3.8, 4) is 11.3 Å². The SMILES string of the molecule is Cc1ccc(-c2nn(C)c(=O)c3c2CCCC3)cc1S(=O)(=O)N[C@H](C)c1ccccc1. The van der Waals surface area contributed by atoms with Crippen LogP contribution in [0.4, 0.5) is 0 Å². The fraction of sp³-hybridized carbons (Fsp3) is 0.333. The van der Waals surface area contributed by atoms with Crippen LogP contribution in [0.5, 0.6) is 0 Å². The van der Waals surface area contributed by atoms with E-state index >= 15 is 0 Å². The molecule has 0 fully saturated rings. The van der Waals surface area contributed by atoms with Gasteiger partial charge in [0.05, 0.1) is 10.6 Å². The van der Waals surface area contributed by atoms with Crippen LogP contribution in [-0.4, -0.2) is 18.2 Å². The molecule has 1 aliphatic carbocycles. The Bertz CT molecular complexity index is 1280. The predicted molar refractivity (Wildman–Crippen MR) is 121 cm³/mol. The maximum Gasteiger partial charge on any atom is 0.269 e. The van der Waals surface area contributed by atoms with Crippen LogP contribution in [-0.2, 0) is 29.9 Å². The molecule has 0 amide bonds. The average Bonchev–Trinajstić information content (AvgIpc) is 2.77. The number of aromatic nitrogens is 2. The Morgan fingerprint density at radius 3 is 2.42 bits per heavy atom.